The summed E-state index contributed by atoms with van der Waals surface area (Å²) < 4.78 is 43.4. The highest BCUT2D eigenvalue weighted by atomic mass is 19.4. The summed E-state index contributed by atoms with van der Waals surface area (Å²) in [6.07, 6.45) is -2.72. The summed E-state index contributed by atoms with van der Waals surface area (Å²) in [5, 5.41) is 6.97. The monoisotopic (exact) mass is 362 g/mol. The molecule has 1 fully saturated rings. The molecule has 7 nitrogen and oxygen atoms in total. The molecule has 0 spiro atoms. The summed E-state index contributed by atoms with van der Waals surface area (Å²) in [5.74, 6) is 1.93. The van der Waals surface area contributed by atoms with Crippen LogP contribution in [0, 0.1) is 6.92 Å². The lowest BCUT2D eigenvalue weighted by Crippen LogP contribution is -2.56. The van der Waals surface area contributed by atoms with Gasteiger partial charge in [-0.1, -0.05) is 5.16 Å². The first kappa shape index (κ1) is 19.5. The fourth-order valence-corrected chi connectivity index (χ4v) is 2.74. The molecule has 0 bridgehead atoms. The van der Waals surface area contributed by atoms with Crippen molar-refractivity contribution in [2.24, 2.45) is 4.99 Å². The largest absolute Gasteiger partial charge is 0.403 e. The van der Waals surface area contributed by atoms with Crippen LogP contribution in [-0.2, 0) is 6.42 Å². The van der Waals surface area contributed by atoms with Crippen molar-refractivity contribution in [3.63, 3.8) is 0 Å². The van der Waals surface area contributed by atoms with Crippen molar-refractivity contribution < 1.29 is 17.7 Å². The molecular formula is C15H25F3N6O. The van der Waals surface area contributed by atoms with Gasteiger partial charge in [0.15, 0.2) is 11.8 Å². The van der Waals surface area contributed by atoms with Crippen molar-refractivity contribution in [2.45, 2.75) is 38.9 Å². The van der Waals surface area contributed by atoms with Crippen LogP contribution in [-0.4, -0.2) is 77.9 Å². The fraction of sp³-hybridized carbons (Fsp3) is 0.800. The third-order valence-corrected chi connectivity index (χ3v) is 4.27. The number of aryl methyl sites for hydroxylation is 2. The molecule has 1 aromatic heterocycles. The number of halogens is 3. The minimum atomic E-state index is -4.19. The Kier molecular flexibility index (Phi) is 6.63. The van der Waals surface area contributed by atoms with Crippen LogP contribution < -0.4 is 5.32 Å². The lowest BCUT2D eigenvalue weighted by atomic mass is 10.2. The maximum Gasteiger partial charge on any atom is 0.403 e. The average molecular weight is 362 g/mol. The second-order valence-corrected chi connectivity index (χ2v) is 6.05. The normalized spacial score (nSPS) is 18.5. The van der Waals surface area contributed by atoms with E-state index in [4.69, 9.17) is 4.52 Å². The first-order valence-electron chi connectivity index (χ1n) is 8.37. The summed E-state index contributed by atoms with van der Waals surface area (Å²) in [5.41, 5.74) is 0. The zero-order chi connectivity index (χ0) is 18.4. The lowest BCUT2D eigenvalue weighted by Gasteiger charge is -2.39. The van der Waals surface area contributed by atoms with Gasteiger partial charge in [-0.15, -0.1) is 0 Å². The highest BCUT2D eigenvalue weighted by Gasteiger charge is 2.41. The Balaban J connectivity index is 1.73. The van der Waals surface area contributed by atoms with E-state index in [1.165, 1.54) is 11.8 Å². The van der Waals surface area contributed by atoms with E-state index in [9.17, 15) is 13.2 Å². The van der Waals surface area contributed by atoms with Gasteiger partial charge in [-0.2, -0.15) is 18.2 Å². The fourth-order valence-electron chi connectivity index (χ4n) is 2.74. The third-order valence-electron chi connectivity index (χ3n) is 4.27. The number of aliphatic imine (C=N–C) groups is 1. The Labute approximate surface area is 145 Å². The molecule has 2 heterocycles. The van der Waals surface area contributed by atoms with E-state index in [0.717, 1.165) is 6.42 Å². The summed E-state index contributed by atoms with van der Waals surface area (Å²) in [6, 6.07) is -1.41. The van der Waals surface area contributed by atoms with Crippen LogP contribution in [0.25, 0.3) is 0 Å². The number of guanidine groups is 1. The molecule has 0 radical (unpaired) electrons. The molecular weight excluding hydrogens is 337 g/mol. The molecule has 0 aliphatic carbocycles. The molecule has 25 heavy (non-hydrogen) atoms. The standard InChI is InChI=1S/C15H25F3N6O/c1-11(15(16,17)18)23-7-9-24(10-8-23)14(19-3)20-6-4-5-13-21-12(2)22-25-13/h11H,4-10H2,1-3H3,(H,19,20). The van der Waals surface area contributed by atoms with Crippen molar-refractivity contribution in [3.8, 4) is 0 Å². The quantitative estimate of drug-likeness (QED) is 0.486. The molecule has 1 unspecified atom stereocenters. The highest BCUT2D eigenvalue weighted by molar-refractivity contribution is 5.79. The first-order chi connectivity index (χ1) is 11.8. The molecule has 10 heteroatoms. The second-order valence-electron chi connectivity index (χ2n) is 6.05. The summed E-state index contributed by atoms with van der Waals surface area (Å²) in [7, 11) is 1.68. The van der Waals surface area contributed by atoms with Crippen molar-refractivity contribution in [2.75, 3.05) is 39.8 Å². The second kappa shape index (κ2) is 8.50. The van der Waals surface area contributed by atoms with Gasteiger partial charge < -0.3 is 14.7 Å². The topological polar surface area (TPSA) is 69.8 Å². The van der Waals surface area contributed by atoms with Crippen molar-refractivity contribution in [1.29, 1.82) is 0 Å². The van der Waals surface area contributed by atoms with Crippen LogP contribution >= 0.6 is 0 Å². The maximum absolute atomic E-state index is 12.8. The molecule has 0 saturated carbocycles. The Bertz CT molecular complexity index is 566. The molecule has 142 valence electrons. The van der Waals surface area contributed by atoms with Gasteiger partial charge in [-0.3, -0.25) is 9.89 Å². The number of aromatic nitrogens is 2. The molecule has 1 N–H and O–H groups in total. The van der Waals surface area contributed by atoms with Gasteiger partial charge in [-0.05, 0) is 20.3 Å². The highest BCUT2D eigenvalue weighted by Crippen LogP contribution is 2.25. The summed E-state index contributed by atoms with van der Waals surface area (Å²) in [4.78, 5) is 11.8. The Morgan fingerprint density at radius 3 is 2.52 bits per heavy atom. The molecule has 1 aromatic rings. The van der Waals surface area contributed by atoms with Crippen LogP contribution in [0.4, 0.5) is 13.2 Å². The Hall–Kier alpha value is -1.84. The minimum absolute atomic E-state index is 0.364. The number of nitrogens with zero attached hydrogens (tertiary/aromatic N) is 5. The number of rotatable bonds is 5. The zero-order valence-electron chi connectivity index (χ0n) is 14.8. The number of nitrogens with one attached hydrogen (secondary N) is 1. The van der Waals surface area contributed by atoms with E-state index in [-0.39, 0.29) is 0 Å². The number of hydrogen-bond donors (Lipinski definition) is 1. The Morgan fingerprint density at radius 2 is 2.00 bits per heavy atom. The Morgan fingerprint density at radius 1 is 1.32 bits per heavy atom. The van der Waals surface area contributed by atoms with Gasteiger partial charge in [0, 0.05) is 46.2 Å². The zero-order valence-corrected chi connectivity index (χ0v) is 14.8. The molecule has 1 aliphatic rings. The van der Waals surface area contributed by atoms with Gasteiger partial charge in [-0.25, -0.2) is 0 Å². The van der Waals surface area contributed by atoms with Crippen molar-refractivity contribution in [3.05, 3.63) is 11.7 Å². The lowest BCUT2D eigenvalue weighted by molar-refractivity contribution is -0.181. The minimum Gasteiger partial charge on any atom is -0.356 e. The average Bonchev–Trinajstić information content (AvgIpc) is 2.99. The predicted octanol–water partition coefficient (Wildman–Crippen LogP) is 1.45. The summed E-state index contributed by atoms with van der Waals surface area (Å²) in [6.45, 7) is 5.42. The predicted molar refractivity (Wildman–Crippen MR) is 87.4 cm³/mol. The van der Waals surface area contributed by atoms with E-state index in [1.54, 1.807) is 14.0 Å². The molecule has 2 rings (SSSR count). The van der Waals surface area contributed by atoms with Crippen LogP contribution in [0.15, 0.2) is 9.52 Å². The third kappa shape index (κ3) is 5.58. The molecule has 0 aromatic carbocycles. The van der Waals surface area contributed by atoms with E-state index >= 15 is 0 Å². The van der Waals surface area contributed by atoms with Gasteiger partial charge in [0.05, 0.1) is 0 Å². The SMILES string of the molecule is CN=C(NCCCc1nc(C)no1)N1CCN(C(C)C(F)(F)F)CC1. The van der Waals surface area contributed by atoms with E-state index in [2.05, 4.69) is 20.4 Å². The van der Waals surface area contributed by atoms with E-state index < -0.39 is 12.2 Å². The van der Waals surface area contributed by atoms with Crippen molar-refractivity contribution >= 4 is 5.96 Å². The van der Waals surface area contributed by atoms with Gasteiger partial charge in [0.2, 0.25) is 5.89 Å². The maximum atomic E-state index is 12.8. The molecule has 0 amide bonds. The number of piperazine rings is 1. The van der Waals surface area contributed by atoms with E-state index in [1.807, 2.05) is 4.90 Å². The molecule has 1 saturated heterocycles. The van der Waals surface area contributed by atoms with Crippen LogP contribution in [0.5, 0.6) is 0 Å². The van der Waals surface area contributed by atoms with E-state index in [0.29, 0.717) is 56.8 Å². The smallest absolute Gasteiger partial charge is 0.356 e. The number of alkyl halides is 3. The van der Waals surface area contributed by atoms with Gasteiger partial charge in [0.25, 0.3) is 0 Å². The molecule has 1 atom stereocenters. The summed E-state index contributed by atoms with van der Waals surface area (Å²) >= 11 is 0. The van der Waals surface area contributed by atoms with Gasteiger partial charge in [0.1, 0.15) is 6.04 Å². The number of hydrogen-bond acceptors (Lipinski definition) is 5. The van der Waals surface area contributed by atoms with Crippen LogP contribution in [0.3, 0.4) is 0 Å². The van der Waals surface area contributed by atoms with Gasteiger partial charge >= 0.3 is 6.18 Å². The molecule has 1 aliphatic heterocycles. The van der Waals surface area contributed by atoms with Crippen LogP contribution in [0.1, 0.15) is 25.1 Å². The van der Waals surface area contributed by atoms with Crippen LogP contribution in [0.2, 0.25) is 0 Å². The van der Waals surface area contributed by atoms with Crippen molar-refractivity contribution in [1.82, 2.24) is 25.3 Å². The first-order valence-corrected chi connectivity index (χ1v) is 8.37.